The minimum atomic E-state index is -0.219. The van der Waals surface area contributed by atoms with Gasteiger partial charge in [-0.3, -0.25) is 4.79 Å². The van der Waals surface area contributed by atoms with Gasteiger partial charge in [-0.15, -0.1) is 5.10 Å². The maximum Gasteiger partial charge on any atom is 0.267 e. The topological polar surface area (TPSA) is 81.9 Å². The smallest absolute Gasteiger partial charge is 0.267 e. The Labute approximate surface area is 123 Å². The molecule has 0 saturated carbocycles. The van der Waals surface area contributed by atoms with Crippen LogP contribution < -0.4 is 15.6 Å². The van der Waals surface area contributed by atoms with Crippen molar-refractivity contribution in [2.45, 2.75) is 26.8 Å². The molecule has 0 spiro atoms. The van der Waals surface area contributed by atoms with E-state index in [4.69, 9.17) is 4.74 Å². The average molecular weight is 289 g/mol. The Bertz CT molecular complexity index is 669. The minimum absolute atomic E-state index is 0.207. The van der Waals surface area contributed by atoms with E-state index in [1.165, 1.54) is 23.9 Å². The molecule has 0 amide bonds. The van der Waals surface area contributed by atoms with Gasteiger partial charge in [-0.2, -0.15) is 0 Å². The summed E-state index contributed by atoms with van der Waals surface area (Å²) in [6.07, 6.45) is 1.01. The number of rotatable bonds is 6. The summed E-state index contributed by atoms with van der Waals surface area (Å²) in [4.78, 5) is 20.5. The molecule has 112 valence electrons. The molecule has 2 rings (SSSR count). The minimum Gasteiger partial charge on any atom is -0.480 e. The molecule has 1 N–H and O–H groups in total. The molecule has 0 fully saturated rings. The van der Waals surface area contributed by atoms with Gasteiger partial charge in [-0.1, -0.05) is 6.92 Å². The first kappa shape index (κ1) is 15.0. The summed E-state index contributed by atoms with van der Waals surface area (Å²) >= 11 is 0. The van der Waals surface area contributed by atoms with Crippen LogP contribution in [0.1, 0.15) is 24.9 Å². The Morgan fingerprint density at radius 2 is 2.14 bits per heavy atom. The number of aryl methyl sites for hydroxylation is 1. The third-order valence-corrected chi connectivity index (χ3v) is 2.80. The summed E-state index contributed by atoms with van der Waals surface area (Å²) < 4.78 is 6.31. The molecule has 0 aliphatic rings. The summed E-state index contributed by atoms with van der Waals surface area (Å²) in [5, 5.41) is 7.30. The molecular formula is C14H19N5O2. The average Bonchev–Trinajstić information content (AvgIpc) is 2.47. The highest BCUT2D eigenvalue weighted by Crippen LogP contribution is 2.07. The van der Waals surface area contributed by atoms with E-state index < -0.39 is 0 Å². The lowest BCUT2D eigenvalue weighted by Gasteiger charge is -2.09. The predicted octanol–water partition coefficient (Wildman–Crippen LogP) is 1.22. The highest BCUT2D eigenvalue weighted by Gasteiger charge is 2.06. The molecule has 2 aromatic rings. The quantitative estimate of drug-likeness (QED) is 0.861. The SMILES string of the molecule is CCCNc1cc(C)nc(Cn2nc(OC)ccc2=O)n1. The summed E-state index contributed by atoms with van der Waals surface area (Å²) in [6, 6.07) is 4.82. The first-order chi connectivity index (χ1) is 10.1. The highest BCUT2D eigenvalue weighted by molar-refractivity contribution is 5.35. The lowest BCUT2D eigenvalue weighted by Crippen LogP contribution is -2.24. The van der Waals surface area contributed by atoms with Crippen molar-refractivity contribution in [3.63, 3.8) is 0 Å². The van der Waals surface area contributed by atoms with Crippen LogP contribution in [0.4, 0.5) is 5.82 Å². The number of ether oxygens (including phenoxy) is 1. The molecule has 7 heteroatoms. The molecule has 0 aliphatic carbocycles. The molecule has 0 atom stereocenters. The molecule has 21 heavy (non-hydrogen) atoms. The van der Waals surface area contributed by atoms with Crippen LogP contribution in [-0.4, -0.2) is 33.4 Å². The van der Waals surface area contributed by atoms with Crippen molar-refractivity contribution in [2.24, 2.45) is 0 Å². The molecular weight excluding hydrogens is 270 g/mol. The standard InChI is InChI=1S/C14H19N5O2/c1-4-7-15-11-8-10(2)16-12(17-11)9-19-14(20)6-5-13(18-19)21-3/h5-6,8H,4,7,9H2,1-3H3,(H,15,16,17). The normalized spacial score (nSPS) is 10.4. The zero-order valence-corrected chi connectivity index (χ0v) is 12.5. The van der Waals surface area contributed by atoms with Crippen LogP contribution in [0.3, 0.4) is 0 Å². The fourth-order valence-corrected chi connectivity index (χ4v) is 1.83. The van der Waals surface area contributed by atoms with E-state index in [-0.39, 0.29) is 12.1 Å². The number of nitrogens with one attached hydrogen (secondary N) is 1. The molecule has 0 aromatic carbocycles. The Hall–Kier alpha value is -2.44. The summed E-state index contributed by atoms with van der Waals surface area (Å²) in [7, 11) is 1.51. The first-order valence-corrected chi connectivity index (χ1v) is 6.83. The second-order valence-electron chi connectivity index (χ2n) is 4.61. The van der Waals surface area contributed by atoms with Gasteiger partial charge < -0.3 is 10.1 Å². The van der Waals surface area contributed by atoms with Gasteiger partial charge in [0, 0.05) is 30.4 Å². The molecule has 0 bridgehead atoms. The van der Waals surface area contributed by atoms with Crippen molar-refractivity contribution in [1.29, 1.82) is 0 Å². The van der Waals surface area contributed by atoms with Crippen LogP contribution in [0.15, 0.2) is 23.0 Å². The molecule has 0 radical (unpaired) electrons. The van der Waals surface area contributed by atoms with Crippen molar-refractivity contribution in [3.8, 4) is 5.88 Å². The Morgan fingerprint density at radius 1 is 1.33 bits per heavy atom. The van der Waals surface area contributed by atoms with Crippen LogP contribution in [0.2, 0.25) is 0 Å². The lowest BCUT2D eigenvalue weighted by atomic mass is 10.4. The van der Waals surface area contributed by atoms with E-state index in [2.05, 4.69) is 27.3 Å². The number of methoxy groups -OCH3 is 1. The zero-order chi connectivity index (χ0) is 15.2. The van der Waals surface area contributed by atoms with Crippen molar-refractivity contribution >= 4 is 5.82 Å². The molecule has 0 unspecified atom stereocenters. The number of anilines is 1. The van der Waals surface area contributed by atoms with Gasteiger partial charge in [-0.05, 0) is 13.3 Å². The van der Waals surface area contributed by atoms with E-state index in [0.29, 0.717) is 11.7 Å². The Kier molecular flexibility index (Phi) is 4.86. The summed E-state index contributed by atoms with van der Waals surface area (Å²) in [5.41, 5.74) is 0.624. The third-order valence-electron chi connectivity index (χ3n) is 2.80. The molecule has 0 saturated heterocycles. The third kappa shape index (κ3) is 4.01. The van der Waals surface area contributed by atoms with Crippen LogP contribution in [0.25, 0.3) is 0 Å². The van der Waals surface area contributed by atoms with Gasteiger partial charge >= 0.3 is 0 Å². The van der Waals surface area contributed by atoms with Crippen molar-refractivity contribution in [3.05, 3.63) is 40.1 Å². The number of hydrogen-bond donors (Lipinski definition) is 1. The van der Waals surface area contributed by atoms with Crippen LogP contribution >= 0.6 is 0 Å². The number of aromatic nitrogens is 4. The fraction of sp³-hybridized carbons (Fsp3) is 0.429. The first-order valence-electron chi connectivity index (χ1n) is 6.83. The van der Waals surface area contributed by atoms with Gasteiger partial charge in [0.25, 0.3) is 5.56 Å². The number of hydrogen-bond acceptors (Lipinski definition) is 6. The van der Waals surface area contributed by atoms with Gasteiger partial charge in [0.1, 0.15) is 12.4 Å². The molecule has 0 aliphatic heterocycles. The van der Waals surface area contributed by atoms with E-state index in [1.807, 2.05) is 13.0 Å². The van der Waals surface area contributed by atoms with E-state index in [9.17, 15) is 4.79 Å². The monoisotopic (exact) mass is 289 g/mol. The summed E-state index contributed by atoms with van der Waals surface area (Å²) in [6.45, 7) is 5.03. The van der Waals surface area contributed by atoms with E-state index in [1.54, 1.807) is 0 Å². The highest BCUT2D eigenvalue weighted by atomic mass is 16.5. The van der Waals surface area contributed by atoms with Crippen molar-refractivity contribution in [1.82, 2.24) is 19.7 Å². The van der Waals surface area contributed by atoms with Crippen molar-refractivity contribution in [2.75, 3.05) is 19.0 Å². The lowest BCUT2D eigenvalue weighted by molar-refractivity contribution is 0.378. The van der Waals surface area contributed by atoms with E-state index >= 15 is 0 Å². The second-order valence-corrected chi connectivity index (χ2v) is 4.61. The van der Waals surface area contributed by atoms with Gasteiger partial charge in [0.05, 0.1) is 7.11 Å². The van der Waals surface area contributed by atoms with Crippen LogP contribution in [0.5, 0.6) is 5.88 Å². The Balaban J connectivity index is 2.26. The van der Waals surface area contributed by atoms with Crippen molar-refractivity contribution < 1.29 is 4.74 Å². The summed E-state index contributed by atoms with van der Waals surface area (Å²) in [5.74, 6) is 1.68. The zero-order valence-electron chi connectivity index (χ0n) is 12.5. The maximum absolute atomic E-state index is 11.8. The predicted molar refractivity (Wildman–Crippen MR) is 79.7 cm³/mol. The van der Waals surface area contributed by atoms with Gasteiger partial charge in [0.2, 0.25) is 5.88 Å². The van der Waals surface area contributed by atoms with Crippen LogP contribution in [0, 0.1) is 6.92 Å². The fourth-order valence-electron chi connectivity index (χ4n) is 1.83. The van der Waals surface area contributed by atoms with Gasteiger partial charge in [-0.25, -0.2) is 14.6 Å². The van der Waals surface area contributed by atoms with E-state index in [0.717, 1.165) is 24.5 Å². The molecule has 7 nitrogen and oxygen atoms in total. The largest absolute Gasteiger partial charge is 0.480 e. The Morgan fingerprint density at radius 3 is 2.86 bits per heavy atom. The van der Waals surface area contributed by atoms with Crippen LogP contribution in [-0.2, 0) is 6.54 Å². The van der Waals surface area contributed by atoms with Gasteiger partial charge in [0.15, 0.2) is 5.82 Å². The molecule has 2 heterocycles. The number of nitrogens with zero attached hydrogens (tertiary/aromatic N) is 4. The maximum atomic E-state index is 11.8. The molecule has 2 aromatic heterocycles. The second kappa shape index (κ2) is 6.83.